The summed E-state index contributed by atoms with van der Waals surface area (Å²) in [6.45, 7) is 2.49. The Hall–Kier alpha value is -3.02. The molecule has 0 aromatic heterocycles. The van der Waals surface area contributed by atoms with Gasteiger partial charge in [-0.25, -0.2) is 0 Å². The van der Waals surface area contributed by atoms with Gasteiger partial charge in [0.25, 0.3) is 5.91 Å². The molecule has 1 atom stereocenters. The zero-order valence-electron chi connectivity index (χ0n) is 15.6. The third-order valence-electron chi connectivity index (χ3n) is 5.01. The molecule has 2 N–H and O–H groups in total. The molecule has 1 heterocycles. The second-order valence-electron chi connectivity index (χ2n) is 7.10. The Kier molecular flexibility index (Phi) is 5.35. The van der Waals surface area contributed by atoms with Gasteiger partial charge in [0.2, 0.25) is 0 Å². The number of rotatable bonds is 5. The van der Waals surface area contributed by atoms with Gasteiger partial charge in [0.15, 0.2) is 0 Å². The van der Waals surface area contributed by atoms with Crippen molar-refractivity contribution in [3.05, 3.63) is 54.1 Å². The summed E-state index contributed by atoms with van der Waals surface area (Å²) < 4.78 is 5.24. The average Bonchev–Trinajstić information content (AvgIpc) is 2.68. The highest BCUT2D eigenvalue weighted by molar-refractivity contribution is 6.00. The van der Waals surface area contributed by atoms with E-state index in [0.717, 1.165) is 11.4 Å². The van der Waals surface area contributed by atoms with Crippen molar-refractivity contribution in [2.24, 2.45) is 5.41 Å². The van der Waals surface area contributed by atoms with Crippen LogP contribution in [0.1, 0.15) is 30.1 Å². The fourth-order valence-corrected chi connectivity index (χ4v) is 3.39. The molecule has 3 rings (SSSR count). The number of nitrogens with one attached hydrogen (secondary N) is 1. The molecule has 1 aliphatic rings. The third kappa shape index (κ3) is 4.05. The van der Waals surface area contributed by atoms with Crippen molar-refractivity contribution in [1.82, 2.24) is 4.90 Å². The highest BCUT2D eigenvalue weighted by atomic mass is 16.5. The Morgan fingerprint density at radius 2 is 1.96 bits per heavy atom. The first kappa shape index (κ1) is 18.8. The van der Waals surface area contributed by atoms with Gasteiger partial charge in [-0.1, -0.05) is 18.2 Å². The number of anilines is 2. The molecule has 1 amide bonds. The van der Waals surface area contributed by atoms with E-state index in [1.165, 1.54) is 0 Å². The summed E-state index contributed by atoms with van der Waals surface area (Å²) in [4.78, 5) is 26.3. The number of nitrogens with zero attached hydrogens (tertiary/aromatic N) is 1. The van der Waals surface area contributed by atoms with Crippen molar-refractivity contribution < 1.29 is 19.4 Å². The predicted octanol–water partition coefficient (Wildman–Crippen LogP) is 3.77. The minimum atomic E-state index is -0.900. The number of piperidine rings is 1. The van der Waals surface area contributed by atoms with E-state index in [1.807, 2.05) is 42.5 Å². The number of carbonyl (C=O) groups excluding carboxylic acids is 1. The number of carbonyl (C=O) groups is 2. The molecule has 142 valence electrons. The van der Waals surface area contributed by atoms with E-state index in [2.05, 4.69) is 5.32 Å². The number of aliphatic carboxylic acids is 1. The summed E-state index contributed by atoms with van der Waals surface area (Å²) in [5.41, 5.74) is 1.11. The lowest BCUT2D eigenvalue weighted by atomic mass is 9.82. The second kappa shape index (κ2) is 7.70. The molecule has 1 aliphatic heterocycles. The van der Waals surface area contributed by atoms with Crippen LogP contribution in [0.25, 0.3) is 0 Å². The van der Waals surface area contributed by atoms with Crippen LogP contribution < -0.4 is 10.1 Å². The standard InChI is InChI=1S/C21H24N2O4/c1-21(20(25)26)11-6-12-23(14-21)19(24)17-9-3-4-10-18(17)22-15-7-5-8-16(13-15)27-2/h3-5,7-10,13,22H,6,11-12,14H2,1-2H3,(H,25,26). The van der Waals surface area contributed by atoms with Gasteiger partial charge in [-0.2, -0.15) is 0 Å². The van der Waals surface area contributed by atoms with Crippen LogP contribution in [0.15, 0.2) is 48.5 Å². The van der Waals surface area contributed by atoms with Gasteiger partial charge in [0, 0.05) is 24.8 Å². The second-order valence-corrected chi connectivity index (χ2v) is 7.10. The van der Waals surface area contributed by atoms with Gasteiger partial charge in [-0.05, 0) is 44.0 Å². The molecule has 0 aliphatic carbocycles. The van der Waals surface area contributed by atoms with Crippen molar-refractivity contribution in [3.8, 4) is 5.75 Å². The number of hydrogen-bond acceptors (Lipinski definition) is 4. The van der Waals surface area contributed by atoms with Crippen LogP contribution in [0.5, 0.6) is 5.75 Å². The maximum Gasteiger partial charge on any atom is 0.311 e. The molecule has 1 fully saturated rings. The van der Waals surface area contributed by atoms with Crippen LogP contribution in [-0.4, -0.2) is 42.1 Å². The van der Waals surface area contributed by atoms with Gasteiger partial charge < -0.3 is 20.1 Å². The normalized spacial score (nSPS) is 19.4. The Balaban J connectivity index is 1.84. The lowest BCUT2D eigenvalue weighted by Crippen LogP contribution is -2.48. The number of benzene rings is 2. The summed E-state index contributed by atoms with van der Waals surface area (Å²) in [5, 5.41) is 12.8. The first-order valence-electron chi connectivity index (χ1n) is 8.96. The SMILES string of the molecule is COc1cccc(Nc2ccccc2C(=O)N2CCCC(C)(C(=O)O)C2)c1. The maximum absolute atomic E-state index is 13.1. The van der Waals surface area contributed by atoms with E-state index in [0.29, 0.717) is 30.6 Å². The van der Waals surface area contributed by atoms with Gasteiger partial charge in [-0.15, -0.1) is 0 Å². The fourth-order valence-electron chi connectivity index (χ4n) is 3.39. The molecule has 0 bridgehead atoms. The molecular weight excluding hydrogens is 344 g/mol. The van der Waals surface area contributed by atoms with E-state index in [4.69, 9.17) is 4.74 Å². The quantitative estimate of drug-likeness (QED) is 0.840. The highest BCUT2D eigenvalue weighted by Gasteiger charge is 2.39. The number of carboxylic acids is 1. The number of para-hydroxylation sites is 1. The molecule has 0 radical (unpaired) electrons. The first-order chi connectivity index (χ1) is 12.9. The summed E-state index contributed by atoms with van der Waals surface area (Å²) in [5.74, 6) is -0.298. The number of hydrogen-bond donors (Lipinski definition) is 2. The van der Waals surface area contributed by atoms with Crippen LogP contribution in [0.3, 0.4) is 0 Å². The van der Waals surface area contributed by atoms with Crippen molar-refractivity contribution in [2.45, 2.75) is 19.8 Å². The molecule has 1 unspecified atom stereocenters. The van der Waals surface area contributed by atoms with Gasteiger partial charge >= 0.3 is 5.97 Å². The molecule has 2 aromatic carbocycles. The summed E-state index contributed by atoms with van der Waals surface area (Å²) >= 11 is 0. The molecule has 0 spiro atoms. The Morgan fingerprint density at radius 1 is 1.19 bits per heavy atom. The number of ether oxygens (including phenoxy) is 1. The lowest BCUT2D eigenvalue weighted by molar-refractivity contribution is -0.150. The van der Waals surface area contributed by atoms with Crippen LogP contribution in [-0.2, 0) is 4.79 Å². The molecule has 0 saturated carbocycles. The Morgan fingerprint density at radius 3 is 2.70 bits per heavy atom. The van der Waals surface area contributed by atoms with E-state index in [1.54, 1.807) is 25.0 Å². The van der Waals surface area contributed by atoms with Crippen LogP contribution in [0, 0.1) is 5.41 Å². The fraction of sp³-hybridized carbons (Fsp3) is 0.333. The topological polar surface area (TPSA) is 78.9 Å². The number of amides is 1. The van der Waals surface area contributed by atoms with Crippen molar-refractivity contribution >= 4 is 23.3 Å². The molecule has 6 nitrogen and oxygen atoms in total. The van der Waals surface area contributed by atoms with E-state index in [-0.39, 0.29) is 12.5 Å². The molecule has 27 heavy (non-hydrogen) atoms. The van der Waals surface area contributed by atoms with Gasteiger partial charge in [-0.3, -0.25) is 9.59 Å². The smallest absolute Gasteiger partial charge is 0.311 e. The van der Waals surface area contributed by atoms with Crippen molar-refractivity contribution in [1.29, 1.82) is 0 Å². The van der Waals surface area contributed by atoms with E-state index >= 15 is 0 Å². The number of carboxylic acid groups (broad SMARTS) is 1. The number of methoxy groups -OCH3 is 1. The zero-order chi connectivity index (χ0) is 19.4. The van der Waals surface area contributed by atoms with Crippen molar-refractivity contribution in [2.75, 3.05) is 25.5 Å². The van der Waals surface area contributed by atoms with E-state index in [9.17, 15) is 14.7 Å². The zero-order valence-corrected chi connectivity index (χ0v) is 15.6. The van der Waals surface area contributed by atoms with Crippen molar-refractivity contribution in [3.63, 3.8) is 0 Å². The number of likely N-dealkylation sites (tertiary alicyclic amines) is 1. The summed E-state index contributed by atoms with van der Waals surface area (Å²) in [6.07, 6.45) is 1.26. The first-order valence-corrected chi connectivity index (χ1v) is 8.96. The third-order valence-corrected chi connectivity index (χ3v) is 5.01. The monoisotopic (exact) mass is 368 g/mol. The molecular formula is C21H24N2O4. The maximum atomic E-state index is 13.1. The van der Waals surface area contributed by atoms with Crippen LogP contribution in [0.4, 0.5) is 11.4 Å². The summed E-state index contributed by atoms with van der Waals surface area (Å²) in [6, 6.07) is 14.7. The summed E-state index contributed by atoms with van der Waals surface area (Å²) in [7, 11) is 1.60. The lowest BCUT2D eigenvalue weighted by Gasteiger charge is -2.37. The molecule has 2 aromatic rings. The Labute approximate surface area is 158 Å². The Bertz CT molecular complexity index is 852. The predicted molar refractivity (Wildman–Crippen MR) is 104 cm³/mol. The van der Waals surface area contributed by atoms with E-state index < -0.39 is 11.4 Å². The van der Waals surface area contributed by atoms with Gasteiger partial charge in [0.1, 0.15) is 5.75 Å². The molecule has 1 saturated heterocycles. The molecule has 6 heteroatoms. The largest absolute Gasteiger partial charge is 0.497 e. The van der Waals surface area contributed by atoms with Crippen LogP contribution >= 0.6 is 0 Å². The minimum absolute atomic E-state index is 0.159. The highest BCUT2D eigenvalue weighted by Crippen LogP contribution is 2.32. The van der Waals surface area contributed by atoms with Gasteiger partial charge in [0.05, 0.1) is 23.8 Å². The van der Waals surface area contributed by atoms with Crippen LogP contribution in [0.2, 0.25) is 0 Å². The minimum Gasteiger partial charge on any atom is -0.497 e. The average molecular weight is 368 g/mol.